The van der Waals surface area contributed by atoms with Gasteiger partial charge in [-0.2, -0.15) is 0 Å². The minimum atomic E-state index is -0.841. The molecule has 0 aliphatic carbocycles. The summed E-state index contributed by atoms with van der Waals surface area (Å²) in [5, 5.41) is 12.9. The zero-order valence-corrected chi connectivity index (χ0v) is 22.7. The number of hydrogen-bond donors (Lipinski definition) is 2. The fourth-order valence-electron chi connectivity index (χ4n) is 4.81. The number of unbranched alkanes of at least 4 members (excludes halogenated alkanes) is 1. The number of benzene rings is 3. The van der Waals surface area contributed by atoms with E-state index in [4.69, 9.17) is 19.1 Å². The minimum absolute atomic E-state index is 0.0607. The van der Waals surface area contributed by atoms with E-state index in [-0.39, 0.29) is 6.42 Å². The van der Waals surface area contributed by atoms with Crippen LogP contribution in [0.4, 0.5) is 5.69 Å². The van der Waals surface area contributed by atoms with Crippen LogP contribution in [0.3, 0.4) is 0 Å². The molecule has 0 bridgehead atoms. The van der Waals surface area contributed by atoms with Crippen LogP contribution >= 0.6 is 0 Å². The van der Waals surface area contributed by atoms with Crippen LogP contribution in [-0.2, 0) is 11.2 Å². The van der Waals surface area contributed by atoms with Crippen LogP contribution < -0.4 is 20.1 Å². The molecule has 0 saturated heterocycles. The van der Waals surface area contributed by atoms with Gasteiger partial charge in [0.2, 0.25) is 0 Å². The average Bonchev–Trinajstić information content (AvgIpc) is 3.43. The summed E-state index contributed by atoms with van der Waals surface area (Å²) < 4.78 is 16.9. The van der Waals surface area contributed by atoms with Crippen LogP contribution in [0.15, 0.2) is 82.1 Å². The number of aromatic nitrogens is 2. The first-order valence-corrected chi connectivity index (χ1v) is 13.8. The number of hydrogen-bond acceptors (Lipinski definition) is 7. The van der Waals surface area contributed by atoms with Crippen molar-refractivity contribution >= 4 is 23.8 Å². The van der Waals surface area contributed by atoms with E-state index >= 15 is 0 Å². The number of carboxylic acids is 1. The van der Waals surface area contributed by atoms with Gasteiger partial charge in [-0.1, -0.05) is 71.9 Å². The Morgan fingerprint density at radius 1 is 1.02 bits per heavy atom. The Hall–Kier alpha value is -4.79. The van der Waals surface area contributed by atoms with Gasteiger partial charge in [-0.15, -0.1) is 0 Å². The third-order valence-electron chi connectivity index (χ3n) is 6.90. The number of nitrogens with zero attached hydrogens (tertiary/aromatic N) is 2. The van der Waals surface area contributed by atoms with Gasteiger partial charge in [-0.25, -0.2) is 4.79 Å². The standard InChI is InChI=1S/C32H33N3O6/c36-29(37)13-7-20-35-22-28(31-33-32(38)41-34-31)40-30-25(11-6-12-27(30)35)17-14-24-15-18-26(19-16-24)39-21-5-4-10-23-8-2-1-3-9-23/h1-3,6,8-9,11-12,14-19,28H,4-5,7,10,13,20-22H2,(H,36,37)(H,33,34,38). The molecule has 2 N–H and O–H groups in total. The summed E-state index contributed by atoms with van der Waals surface area (Å²) in [5.41, 5.74) is 4.06. The molecule has 212 valence electrons. The monoisotopic (exact) mass is 555 g/mol. The Morgan fingerprint density at radius 3 is 2.61 bits per heavy atom. The zero-order valence-electron chi connectivity index (χ0n) is 22.7. The van der Waals surface area contributed by atoms with Gasteiger partial charge < -0.3 is 19.5 Å². The highest BCUT2D eigenvalue weighted by atomic mass is 16.5. The first-order valence-electron chi connectivity index (χ1n) is 13.8. The zero-order chi connectivity index (χ0) is 28.4. The van der Waals surface area contributed by atoms with Gasteiger partial charge in [0, 0.05) is 18.5 Å². The fourth-order valence-corrected chi connectivity index (χ4v) is 4.81. The number of para-hydroxylation sites is 1. The molecule has 1 aromatic heterocycles. The van der Waals surface area contributed by atoms with E-state index < -0.39 is 17.8 Å². The van der Waals surface area contributed by atoms with E-state index in [2.05, 4.69) is 39.3 Å². The highest BCUT2D eigenvalue weighted by Gasteiger charge is 2.30. The maximum Gasteiger partial charge on any atom is 0.439 e. The van der Waals surface area contributed by atoms with E-state index in [1.54, 1.807) is 0 Å². The number of rotatable bonds is 13. The largest absolute Gasteiger partial charge is 0.494 e. The number of ether oxygens (including phenoxy) is 2. The minimum Gasteiger partial charge on any atom is -0.494 e. The SMILES string of the molecule is O=C(O)CCCN1CC(c2noc(=O)[nH]2)Oc2c(C=Cc3ccc(OCCCCc4ccccc4)cc3)cccc21. The van der Waals surface area contributed by atoms with Crippen LogP contribution in [0.5, 0.6) is 11.5 Å². The number of nitrogens with one attached hydrogen (secondary N) is 1. The van der Waals surface area contributed by atoms with Crippen LogP contribution in [0.25, 0.3) is 12.2 Å². The van der Waals surface area contributed by atoms with Crippen molar-refractivity contribution in [3.05, 3.63) is 106 Å². The van der Waals surface area contributed by atoms with E-state index in [1.165, 1.54) is 5.56 Å². The number of anilines is 1. The second-order valence-corrected chi connectivity index (χ2v) is 9.92. The van der Waals surface area contributed by atoms with Gasteiger partial charge in [0.15, 0.2) is 17.7 Å². The van der Waals surface area contributed by atoms with Crippen molar-refractivity contribution in [3.8, 4) is 11.5 Å². The Bertz CT molecular complexity index is 1510. The number of aliphatic carboxylic acids is 1. The van der Waals surface area contributed by atoms with Crippen molar-refractivity contribution in [1.29, 1.82) is 0 Å². The van der Waals surface area contributed by atoms with Gasteiger partial charge in [0.1, 0.15) is 5.75 Å². The Morgan fingerprint density at radius 2 is 1.85 bits per heavy atom. The summed E-state index contributed by atoms with van der Waals surface area (Å²) in [4.78, 5) is 27.3. The predicted octanol–water partition coefficient (Wildman–Crippen LogP) is 5.74. The predicted molar refractivity (Wildman–Crippen MR) is 156 cm³/mol. The molecule has 3 aromatic carbocycles. The molecule has 0 fully saturated rings. The lowest BCUT2D eigenvalue weighted by Gasteiger charge is -2.36. The molecule has 0 spiro atoms. The fraction of sp³-hybridized carbons (Fsp3) is 0.281. The summed E-state index contributed by atoms with van der Waals surface area (Å²) in [6.07, 6.45) is 7.06. The number of fused-ring (bicyclic) bond motifs is 1. The molecule has 0 amide bonds. The van der Waals surface area contributed by atoms with E-state index in [0.717, 1.165) is 41.8 Å². The van der Waals surface area contributed by atoms with Gasteiger partial charge >= 0.3 is 11.7 Å². The summed E-state index contributed by atoms with van der Waals surface area (Å²) >= 11 is 0. The third kappa shape index (κ3) is 7.66. The average molecular weight is 556 g/mol. The summed E-state index contributed by atoms with van der Waals surface area (Å²) in [7, 11) is 0. The number of aromatic amines is 1. The first-order chi connectivity index (χ1) is 20.0. The molecule has 1 aliphatic rings. The lowest BCUT2D eigenvalue weighted by molar-refractivity contribution is -0.137. The van der Waals surface area contributed by atoms with Crippen molar-refractivity contribution in [2.75, 3.05) is 24.6 Å². The summed E-state index contributed by atoms with van der Waals surface area (Å²) in [6.45, 7) is 1.59. The van der Waals surface area contributed by atoms with Crippen LogP contribution in [0.1, 0.15) is 54.3 Å². The quantitative estimate of drug-likeness (QED) is 0.158. The second kappa shape index (κ2) is 13.5. The topological polar surface area (TPSA) is 118 Å². The number of aryl methyl sites for hydroxylation is 1. The van der Waals surface area contributed by atoms with Crippen molar-refractivity contribution in [1.82, 2.24) is 10.1 Å². The van der Waals surface area contributed by atoms with E-state index in [9.17, 15) is 9.59 Å². The summed E-state index contributed by atoms with van der Waals surface area (Å²) in [6, 6.07) is 24.3. The maximum atomic E-state index is 11.6. The van der Waals surface area contributed by atoms with Gasteiger partial charge in [0.05, 0.1) is 18.8 Å². The van der Waals surface area contributed by atoms with Crippen molar-refractivity contribution in [3.63, 3.8) is 0 Å². The maximum absolute atomic E-state index is 11.6. The van der Waals surface area contributed by atoms with Crippen LogP contribution in [0.2, 0.25) is 0 Å². The second-order valence-electron chi connectivity index (χ2n) is 9.92. The third-order valence-corrected chi connectivity index (χ3v) is 6.90. The molecule has 0 saturated carbocycles. The van der Waals surface area contributed by atoms with Gasteiger partial charge in [-0.05, 0) is 55.0 Å². The lowest BCUT2D eigenvalue weighted by Crippen LogP contribution is -2.37. The lowest BCUT2D eigenvalue weighted by atomic mass is 10.1. The first kappa shape index (κ1) is 27.8. The van der Waals surface area contributed by atoms with Crippen molar-refractivity contribution < 1.29 is 23.9 Å². The summed E-state index contributed by atoms with van der Waals surface area (Å²) in [5.74, 6) is 0.267. The van der Waals surface area contributed by atoms with E-state index in [1.807, 2.05) is 60.7 Å². The van der Waals surface area contributed by atoms with Crippen LogP contribution in [0, 0.1) is 0 Å². The molecular formula is C32H33N3O6. The molecule has 9 nitrogen and oxygen atoms in total. The molecule has 1 atom stereocenters. The Balaban J connectivity index is 1.23. The number of carboxylic acid groups (broad SMARTS) is 1. The normalized spacial score (nSPS) is 14.5. The molecule has 1 unspecified atom stereocenters. The highest BCUT2D eigenvalue weighted by Crippen LogP contribution is 2.41. The molecule has 9 heteroatoms. The van der Waals surface area contributed by atoms with Crippen molar-refractivity contribution in [2.24, 2.45) is 0 Å². The number of carbonyl (C=O) groups is 1. The van der Waals surface area contributed by atoms with Gasteiger partial charge in [0.25, 0.3) is 0 Å². The molecule has 4 aromatic rings. The number of H-pyrrole nitrogens is 1. The smallest absolute Gasteiger partial charge is 0.439 e. The molecule has 0 radical (unpaired) electrons. The van der Waals surface area contributed by atoms with Gasteiger partial charge in [-0.3, -0.25) is 14.3 Å². The molecule has 2 heterocycles. The Kier molecular flexibility index (Phi) is 9.15. The molecular weight excluding hydrogens is 522 g/mol. The molecule has 1 aliphatic heterocycles. The van der Waals surface area contributed by atoms with Crippen LogP contribution in [-0.4, -0.2) is 40.9 Å². The molecule has 41 heavy (non-hydrogen) atoms. The molecule has 5 rings (SSSR count). The Labute approximate surface area is 238 Å². The van der Waals surface area contributed by atoms with Crippen molar-refractivity contribution in [2.45, 2.75) is 38.2 Å². The van der Waals surface area contributed by atoms with E-state index in [0.29, 0.717) is 37.7 Å². The highest BCUT2D eigenvalue weighted by molar-refractivity contribution is 5.78.